The number of carbonyl (C=O) groups is 4. The summed E-state index contributed by atoms with van der Waals surface area (Å²) in [5.74, 6) is -20.1. The molecule has 41 heavy (non-hydrogen) atoms. The first kappa shape index (κ1) is 30.5. The average Bonchev–Trinajstić information content (AvgIpc) is 2.87. The van der Waals surface area contributed by atoms with Gasteiger partial charge in [0.25, 0.3) is 5.79 Å². The summed E-state index contributed by atoms with van der Waals surface area (Å²) in [5, 5.41) is 37.2. The molecule has 0 aromatic heterocycles. The predicted molar refractivity (Wildman–Crippen MR) is 122 cm³/mol. The highest BCUT2D eigenvalue weighted by atomic mass is 19.4. The summed E-state index contributed by atoms with van der Waals surface area (Å²) in [6.45, 7) is 0. The number of benzene rings is 2. The molecule has 2 atom stereocenters. The van der Waals surface area contributed by atoms with Crippen LogP contribution >= 0.6 is 0 Å². The van der Waals surface area contributed by atoms with Crippen LogP contribution in [-0.2, 0) is 0 Å². The molecule has 2 aromatic rings. The number of rotatable bonds is 10. The molecule has 0 saturated heterocycles. The van der Waals surface area contributed by atoms with Crippen molar-refractivity contribution in [2.75, 3.05) is 0 Å². The van der Waals surface area contributed by atoms with Gasteiger partial charge in [0.1, 0.15) is 11.5 Å². The Balaban J connectivity index is 2.23. The third-order valence-electron chi connectivity index (χ3n) is 5.72. The van der Waals surface area contributed by atoms with Gasteiger partial charge in [0.05, 0.1) is 28.2 Å². The van der Waals surface area contributed by atoms with E-state index in [1.165, 1.54) is 0 Å². The van der Waals surface area contributed by atoms with Crippen molar-refractivity contribution in [3.05, 3.63) is 83.0 Å². The first-order valence-electron chi connectivity index (χ1n) is 10.9. The molecule has 0 saturated carbocycles. The molecule has 4 N–H and O–H groups in total. The van der Waals surface area contributed by atoms with E-state index in [9.17, 15) is 61.6 Å². The molecule has 0 bridgehead atoms. The van der Waals surface area contributed by atoms with Gasteiger partial charge in [-0.2, -0.15) is 22.0 Å². The van der Waals surface area contributed by atoms with E-state index in [0.717, 1.165) is 24.3 Å². The molecule has 2 aromatic carbocycles. The molecule has 1 aliphatic rings. The maximum Gasteiger partial charge on any atom is 0.456 e. The lowest BCUT2D eigenvalue weighted by Crippen LogP contribution is -2.58. The summed E-state index contributed by atoms with van der Waals surface area (Å²) in [6, 6.07) is 4.10. The highest BCUT2D eigenvalue weighted by Crippen LogP contribution is 2.47. The van der Waals surface area contributed by atoms with Crippen LogP contribution in [0.1, 0.15) is 41.4 Å². The van der Waals surface area contributed by atoms with Gasteiger partial charge in [0.15, 0.2) is 6.17 Å². The molecule has 16 heteroatoms. The van der Waals surface area contributed by atoms with Crippen LogP contribution in [0.15, 0.2) is 60.7 Å². The minimum Gasteiger partial charge on any atom is -0.478 e. The zero-order chi connectivity index (χ0) is 30.9. The topological polar surface area (TPSA) is 168 Å². The van der Waals surface area contributed by atoms with E-state index in [1.54, 1.807) is 0 Å². The lowest BCUT2D eigenvalue weighted by Gasteiger charge is -2.41. The fourth-order valence-corrected chi connectivity index (χ4v) is 3.80. The molecule has 0 radical (unpaired) electrons. The van der Waals surface area contributed by atoms with Crippen LogP contribution in [0, 0.1) is 5.92 Å². The fraction of sp³-hybridized carbons (Fsp3) is 0.200. The molecule has 0 spiro atoms. The summed E-state index contributed by atoms with van der Waals surface area (Å²) in [6.07, 6.45) is -7.46. The van der Waals surface area contributed by atoms with Gasteiger partial charge >= 0.3 is 36.0 Å². The Hall–Kier alpha value is -5.02. The van der Waals surface area contributed by atoms with Crippen LogP contribution < -0.4 is 9.47 Å². The second-order valence-corrected chi connectivity index (χ2v) is 8.35. The van der Waals surface area contributed by atoms with Crippen molar-refractivity contribution in [3.63, 3.8) is 0 Å². The number of carboxylic acid groups (broad SMARTS) is 4. The van der Waals surface area contributed by atoms with Crippen LogP contribution in [-0.4, -0.2) is 68.4 Å². The Bertz CT molecular complexity index is 1390. The minimum absolute atomic E-state index is 0.526. The maximum absolute atomic E-state index is 15.2. The Morgan fingerprint density at radius 3 is 1.49 bits per heavy atom. The molecule has 2 unspecified atom stereocenters. The Morgan fingerprint density at radius 2 is 1.12 bits per heavy atom. The molecule has 0 amide bonds. The van der Waals surface area contributed by atoms with E-state index in [4.69, 9.17) is 9.47 Å². The quantitative estimate of drug-likeness (QED) is 0.220. The smallest absolute Gasteiger partial charge is 0.456 e. The first-order chi connectivity index (χ1) is 18.9. The Kier molecular flexibility index (Phi) is 8.09. The van der Waals surface area contributed by atoms with Gasteiger partial charge < -0.3 is 29.9 Å². The van der Waals surface area contributed by atoms with E-state index < -0.39 is 87.6 Å². The van der Waals surface area contributed by atoms with E-state index in [2.05, 4.69) is 0 Å². The highest BCUT2D eigenvalue weighted by Gasteiger charge is 2.68. The zero-order valence-electron chi connectivity index (χ0n) is 19.9. The van der Waals surface area contributed by atoms with Gasteiger partial charge in [-0.1, -0.05) is 18.2 Å². The largest absolute Gasteiger partial charge is 0.478 e. The zero-order valence-corrected chi connectivity index (χ0v) is 19.9. The third-order valence-corrected chi connectivity index (χ3v) is 5.72. The number of halogens is 6. The Morgan fingerprint density at radius 1 is 0.707 bits per heavy atom. The van der Waals surface area contributed by atoms with Crippen molar-refractivity contribution < 1.29 is 75.4 Å². The molecule has 10 nitrogen and oxygen atoms in total. The van der Waals surface area contributed by atoms with Crippen molar-refractivity contribution in [2.45, 2.75) is 24.1 Å². The lowest BCUT2D eigenvalue weighted by atomic mass is 9.85. The molecular weight excluding hydrogens is 574 g/mol. The summed E-state index contributed by atoms with van der Waals surface area (Å²) in [5.41, 5.74) is -3.35. The number of hydrogen-bond donors (Lipinski definition) is 4. The average molecular weight is 590 g/mol. The van der Waals surface area contributed by atoms with Gasteiger partial charge in [-0.15, -0.1) is 0 Å². The first-order valence-corrected chi connectivity index (χ1v) is 10.9. The van der Waals surface area contributed by atoms with Crippen molar-refractivity contribution in [1.29, 1.82) is 0 Å². The van der Waals surface area contributed by atoms with Crippen molar-refractivity contribution >= 4 is 23.9 Å². The standard InChI is InChI=1S/C25H16F6O10/c26-18(24(27,28)25(29,30)31)17-3-1-2-8-23(17,40-11-4-6-13(19(32)33)15(9-11)21(36)37)41-12-5-7-14(20(34)35)16(10-12)22(38)39/h1-10,17-18H,(H,32,33)(H,34,35)(H,36,37)(H,38,39). The van der Waals surface area contributed by atoms with Crippen molar-refractivity contribution in [1.82, 2.24) is 0 Å². The van der Waals surface area contributed by atoms with E-state index >= 15 is 4.39 Å². The minimum atomic E-state index is -6.40. The number of allylic oxidation sites excluding steroid dienone is 2. The predicted octanol–water partition coefficient (Wildman–Crippen LogP) is 4.91. The molecule has 0 aliphatic heterocycles. The van der Waals surface area contributed by atoms with Crippen molar-refractivity contribution in [2.24, 2.45) is 5.92 Å². The molecular formula is C25H16F6O10. The summed E-state index contributed by atoms with van der Waals surface area (Å²) in [7, 11) is 0. The SMILES string of the molecule is O=C(O)c1ccc(OC2(Oc3ccc(C(=O)O)c(C(=O)O)c3)C=CC=CC2C(F)C(F)(F)C(F)(F)F)cc1C(=O)O. The van der Waals surface area contributed by atoms with E-state index in [0.29, 0.717) is 36.4 Å². The maximum atomic E-state index is 15.2. The van der Waals surface area contributed by atoms with Gasteiger partial charge in [-0.3, -0.25) is 0 Å². The van der Waals surface area contributed by atoms with Gasteiger partial charge in [0, 0.05) is 6.08 Å². The van der Waals surface area contributed by atoms with Crippen LogP contribution in [0.3, 0.4) is 0 Å². The molecule has 218 valence electrons. The van der Waals surface area contributed by atoms with Gasteiger partial charge in [0.2, 0.25) is 0 Å². The number of aromatic carboxylic acids is 4. The molecule has 3 rings (SSSR count). The number of carboxylic acids is 4. The summed E-state index contributed by atoms with van der Waals surface area (Å²) < 4.78 is 93.8. The summed E-state index contributed by atoms with van der Waals surface area (Å²) >= 11 is 0. The second kappa shape index (κ2) is 10.9. The fourth-order valence-electron chi connectivity index (χ4n) is 3.80. The molecule has 1 aliphatic carbocycles. The monoisotopic (exact) mass is 590 g/mol. The van der Waals surface area contributed by atoms with E-state index in [-0.39, 0.29) is 0 Å². The molecule has 0 fully saturated rings. The van der Waals surface area contributed by atoms with Crippen LogP contribution in [0.25, 0.3) is 0 Å². The van der Waals surface area contributed by atoms with Gasteiger partial charge in [-0.25, -0.2) is 23.6 Å². The number of alkyl halides is 6. The third kappa shape index (κ3) is 5.95. The lowest BCUT2D eigenvalue weighted by molar-refractivity contribution is -0.315. The van der Waals surface area contributed by atoms with Crippen LogP contribution in [0.5, 0.6) is 11.5 Å². The number of ether oxygens (including phenoxy) is 2. The van der Waals surface area contributed by atoms with Crippen molar-refractivity contribution in [3.8, 4) is 11.5 Å². The van der Waals surface area contributed by atoms with Crippen LogP contribution in [0.4, 0.5) is 26.3 Å². The van der Waals surface area contributed by atoms with Crippen LogP contribution in [0.2, 0.25) is 0 Å². The Labute approximate surface area is 224 Å². The molecule has 0 heterocycles. The van der Waals surface area contributed by atoms with E-state index in [1.807, 2.05) is 0 Å². The normalized spacial score (nSPS) is 17.0. The second-order valence-electron chi connectivity index (χ2n) is 8.35. The highest BCUT2D eigenvalue weighted by molar-refractivity contribution is 6.02. The summed E-state index contributed by atoms with van der Waals surface area (Å²) in [4.78, 5) is 45.9. The van der Waals surface area contributed by atoms with Gasteiger partial charge in [-0.05, 0) is 36.4 Å². The number of hydrogen-bond acceptors (Lipinski definition) is 6.